The van der Waals surface area contributed by atoms with Crippen LogP contribution in [0.1, 0.15) is 34.1 Å². The van der Waals surface area contributed by atoms with E-state index in [2.05, 4.69) is 5.32 Å². The average Bonchev–Trinajstić information content (AvgIpc) is 3.17. The van der Waals surface area contributed by atoms with Crippen molar-refractivity contribution in [2.24, 2.45) is 17.8 Å². The molecule has 1 aliphatic carbocycles. The third kappa shape index (κ3) is 6.19. The maximum Gasteiger partial charge on any atom is 0.338 e. The van der Waals surface area contributed by atoms with Crippen molar-refractivity contribution in [2.45, 2.75) is 19.4 Å². The van der Waals surface area contributed by atoms with Crippen molar-refractivity contribution >= 4 is 23.8 Å². The summed E-state index contributed by atoms with van der Waals surface area (Å²) in [4.78, 5) is 49.2. The summed E-state index contributed by atoms with van der Waals surface area (Å²) in [5.41, 5.74) is 0.777. The van der Waals surface area contributed by atoms with Crippen molar-refractivity contribution in [1.82, 2.24) is 5.32 Å². The highest BCUT2D eigenvalue weighted by atomic mass is 16.5. The Hall–Kier alpha value is -3.68. The topological polar surface area (TPSA) is 108 Å². The summed E-state index contributed by atoms with van der Waals surface area (Å²) in [7, 11) is 1.28. The van der Waals surface area contributed by atoms with Crippen molar-refractivity contribution < 1.29 is 33.4 Å². The van der Waals surface area contributed by atoms with Gasteiger partial charge in [-0.1, -0.05) is 36.4 Å². The van der Waals surface area contributed by atoms with Crippen LogP contribution in [0.25, 0.3) is 0 Å². The fourth-order valence-electron chi connectivity index (χ4n) is 4.21. The molecule has 33 heavy (non-hydrogen) atoms. The molecule has 0 bridgehead atoms. The van der Waals surface area contributed by atoms with Crippen molar-refractivity contribution in [3.8, 4) is 0 Å². The second-order valence-corrected chi connectivity index (χ2v) is 7.93. The summed E-state index contributed by atoms with van der Waals surface area (Å²) in [5, 5.41) is 2.84. The third-order valence-corrected chi connectivity index (χ3v) is 5.82. The lowest BCUT2D eigenvalue weighted by Gasteiger charge is -2.26. The van der Waals surface area contributed by atoms with E-state index in [-0.39, 0.29) is 25.5 Å². The second-order valence-electron chi connectivity index (χ2n) is 7.93. The number of esters is 3. The van der Waals surface area contributed by atoms with Gasteiger partial charge in [-0.05, 0) is 30.7 Å². The molecule has 1 aliphatic rings. The molecule has 4 atom stereocenters. The van der Waals surface area contributed by atoms with Crippen LogP contribution < -0.4 is 5.32 Å². The number of hydrogen-bond donors (Lipinski definition) is 1. The summed E-state index contributed by atoms with van der Waals surface area (Å²) >= 11 is 0. The van der Waals surface area contributed by atoms with Gasteiger partial charge in [-0.2, -0.15) is 0 Å². The van der Waals surface area contributed by atoms with Crippen LogP contribution >= 0.6 is 0 Å². The van der Waals surface area contributed by atoms with Gasteiger partial charge in [0.1, 0.15) is 0 Å². The number of ether oxygens (including phenoxy) is 3. The van der Waals surface area contributed by atoms with E-state index in [1.807, 2.05) is 0 Å². The molecule has 1 saturated carbocycles. The van der Waals surface area contributed by atoms with Crippen LogP contribution in [-0.2, 0) is 23.8 Å². The molecule has 1 fully saturated rings. The Balaban J connectivity index is 1.77. The number of hydrogen-bond acceptors (Lipinski definition) is 7. The zero-order valence-corrected chi connectivity index (χ0v) is 18.6. The third-order valence-electron chi connectivity index (χ3n) is 5.82. The normalized spacial score (nSPS) is 21.6. The number of carbonyl (C=O) groups is 4. The van der Waals surface area contributed by atoms with E-state index in [9.17, 15) is 19.2 Å². The smallest absolute Gasteiger partial charge is 0.338 e. The van der Waals surface area contributed by atoms with Gasteiger partial charge < -0.3 is 19.5 Å². The summed E-state index contributed by atoms with van der Waals surface area (Å²) in [6, 6.07) is 16.6. The van der Waals surface area contributed by atoms with Crippen molar-refractivity contribution in [1.29, 1.82) is 0 Å². The maximum absolute atomic E-state index is 12.5. The molecule has 1 amide bonds. The minimum atomic E-state index is -0.629. The molecule has 0 spiro atoms. The van der Waals surface area contributed by atoms with Gasteiger partial charge >= 0.3 is 17.9 Å². The Bertz CT molecular complexity index is 977. The number of amides is 1. The molecule has 1 N–H and O–H groups in total. The van der Waals surface area contributed by atoms with E-state index in [1.165, 1.54) is 14.0 Å². The minimum Gasteiger partial charge on any atom is -0.469 e. The lowest BCUT2D eigenvalue weighted by Crippen LogP contribution is -2.40. The van der Waals surface area contributed by atoms with E-state index in [4.69, 9.17) is 14.2 Å². The molecule has 8 heteroatoms. The Morgan fingerprint density at radius 2 is 1.30 bits per heavy atom. The lowest BCUT2D eigenvalue weighted by atomic mass is 9.89. The van der Waals surface area contributed by atoms with Gasteiger partial charge in [0.05, 0.1) is 37.4 Å². The van der Waals surface area contributed by atoms with Gasteiger partial charge in [-0.15, -0.1) is 0 Å². The first-order chi connectivity index (χ1) is 15.9. The van der Waals surface area contributed by atoms with E-state index >= 15 is 0 Å². The number of carbonyl (C=O) groups excluding carboxylic acids is 4. The Kier molecular flexibility index (Phi) is 8.18. The second kappa shape index (κ2) is 11.3. The summed E-state index contributed by atoms with van der Waals surface area (Å²) in [5.74, 6) is -3.37. The van der Waals surface area contributed by atoms with Crippen LogP contribution in [0.4, 0.5) is 0 Å². The van der Waals surface area contributed by atoms with E-state index in [0.717, 1.165) is 0 Å². The summed E-state index contributed by atoms with van der Waals surface area (Å²) in [6.45, 7) is 1.24. The molecule has 2 aromatic carbocycles. The zero-order chi connectivity index (χ0) is 23.8. The van der Waals surface area contributed by atoms with Gasteiger partial charge in [0.15, 0.2) is 0 Å². The highest BCUT2D eigenvalue weighted by Gasteiger charge is 2.48. The maximum atomic E-state index is 12.5. The Morgan fingerprint density at radius 1 is 0.818 bits per heavy atom. The number of methoxy groups -OCH3 is 1. The zero-order valence-electron chi connectivity index (χ0n) is 18.6. The Morgan fingerprint density at radius 3 is 1.76 bits per heavy atom. The monoisotopic (exact) mass is 453 g/mol. The number of nitrogens with one attached hydrogen (secondary N) is 1. The molecule has 0 saturated heterocycles. The van der Waals surface area contributed by atoms with Crippen LogP contribution in [0, 0.1) is 17.8 Å². The van der Waals surface area contributed by atoms with Crippen molar-refractivity contribution in [3.63, 3.8) is 0 Å². The summed E-state index contributed by atoms with van der Waals surface area (Å²) in [6.07, 6.45) is 0.285. The van der Waals surface area contributed by atoms with E-state index in [1.54, 1.807) is 60.7 Å². The van der Waals surface area contributed by atoms with Gasteiger partial charge in [-0.25, -0.2) is 9.59 Å². The van der Waals surface area contributed by atoms with Gasteiger partial charge in [0.25, 0.3) is 0 Å². The molecule has 0 aliphatic heterocycles. The van der Waals surface area contributed by atoms with Crippen LogP contribution in [0.2, 0.25) is 0 Å². The highest BCUT2D eigenvalue weighted by Crippen LogP contribution is 2.39. The molecule has 8 nitrogen and oxygen atoms in total. The first-order valence-corrected chi connectivity index (χ1v) is 10.7. The van der Waals surface area contributed by atoms with E-state index < -0.39 is 41.7 Å². The van der Waals surface area contributed by atoms with Gasteiger partial charge in [0.2, 0.25) is 5.91 Å². The highest BCUT2D eigenvalue weighted by molar-refractivity contribution is 5.89. The molecule has 0 heterocycles. The Labute approximate surface area is 192 Å². The fourth-order valence-corrected chi connectivity index (χ4v) is 4.21. The van der Waals surface area contributed by atoms with Gasteiger partial charge in [0, 0.05) is 24.8 Å². The van der Waals surface area contributed by atoms with Crippen LogP contribution in [0.5, 0.6) is 0 Å². The molecule has 0 radical (unpaired) electrons. The van der Waals surface area contributed by atoms with E-state index in [0.29, 0.717) is 11.1 Å². The van der Waals surface area contributed by atoms with Crippen molar-refractivity contribution in [2.75, 3.05) is 20.3 Å². The van der Waals surface area contributed by atoms with Crippen LogP contribution in [0.3, 0.4) is 0 Å². The predicted octanol–water partition coefficient (Wildman–Crippen LogP) is 2.63. The minimum absolute atomic E-state index is 0.0558. The van der Waals surface area contributed by atoms with Gasteiger partial charge in [-0.3, -0.25) is 9.59 Å². The molecule has 0 aromatic heterocycles. The van der Waals surface area contributed by atoms with Crippen molar-refractivity contribution in [3.05, 3.63) is 71.8 Å². The van der Waals surface area contributed by atoms with Crippen LogP contribution in [0.15, 0.2) is 60.7 Å². The average molecular weight is 453 g/mol. The molecule has 174 valence electrons. The largest absolute Gasteiger partial charge is 0.469 e. The molecule has 3 rings (SSSR count). The number of rotatable bonds is 8. The SMILES string of the molecule is COC(=O)[C@H]1C[C@@H](NC(C)=O)[C@H](COC(=O)c2ccccc2)[C@H]1COC(=O)c1ccccc1. The molecule has 0 unspecified atom stereocenters. The van der Waals surface area contributed by atoms with Crippen LogP contribution in [-0.4, -0.2) is 50.2 Å². The first kappa shape index (κ1) is 24.0. The quantitative estimate of drug-likeness (QED) is 0.484. The number of benzene rings is 2. The summed E-state index contributed by atoms with van der Waals surface area (Å²) < 4.78 is 16.0. The lowest BCUT2D eigenvalue weighted by molar-refractivity contribution is -0.147. The molecular formula is C25H27NO7. The molecule has 2 aromatic rings. The fraction of sp³-hybridized carbons (Fsp3) is 0.360. The molecular weight excluding hydrogens is 426 g/mol. The predicted molar refractivity (Wildman–Crippen MR) is 118 cm³/mol. The standard InChI is InChI=1S/C25H27NO7/c1-16(27)26-22-13-19(25(30)31-2)20(14-32-23(28)17-9-5-3-6-10-17)21(22)15-33-24(29)18-11-7-4-8-12-18/h3-12,19-22H,13-15H2,1-2H3,(H,26,27)/t19-,20-,21+,22+/m0/s1. The first-order valence-electron chi connectivity index (χ1n) is 10.7.